The predicted molar refractivity (Wildman–Crippen MR) is 61.9 cm³/mol. The number of aromatic nitrogens is 1. The molecule has 0 aliphatic rings. The number of hydrogen-bond donors (Lipinski definition) is 1. The molecule has 1 aromatic carbocycles. The topological polar surface area (TPSA) is 46.3 Å². The van der Waals surface area contributed by atoms with Crippen molar-refractivity contribution in [1.29, 1.82) is 0 Å². The Hall–Kier alpha value is -1.68. The van der Waals surface area contributed by atoms with Crippen LogP contribution >= 0.6 is 0 Å². The van der Waals surface area contributed by atoms with Crippen LogP contribution in [-0.4, -0.2) is 10.1 Å². The third-order valence-corrected chi connectivity index (χ3v) is 2.67. The lowest BCUT2D eigenvalue weighted by Crippen LogP contribution is -2.15. The molecule has 90 valence electrons. The van der Waals surface area contributed by atoms with Crippen molar-refractivity contribution < 1.29 is 13.9 Å². The molecule has 1 heterocycles. The van der Waals surface area contributed by atoms with E-state index < -0.39 is 11.4 Å². The van der Waals surface area contributed by atoms with Crippen molar-refractivity contribution in [3.05, 3.63) is 41.7 Å². The van der Waals surface area contributed by atoms with Gasteiger partial charge in [0.25, 0.3) is 0 Å². The summed E-state index contributed by atoms with van der Waals surface area (Å²) in [4.78, 5) is 3.92. The molecule has 0 unspecified atom stereocenters. The maximum atomic E-state index is 13.9. The summed E-state index contributed by atoms with van der Waals surface area (Å²) in [7, 11) is 0. The molecule has 0 amide bonds. The van der Waals surface area contributed by atoms with Crippen LogP contribution < -0.4 is 0 Å². The third kappa shape index (κ3) is 2.22. The first kappa shape index (κ1) is 11.8. The SMILES string of the molecule is Cc1ncoc1-c1ccc(C(C)(C)O)cc1F. The molecular formula is C13H14FNO2. The van der Waals surface area contributed by atoms with Crippen molar-refractivity contribution >= 4 is 0 Å². The Morgan fingerprint density at radius 3 is 2.53 bits per heavy atom. The summed E-state index contributed by atoms with van der Waals surface area (Å²) >= 11 is 0. The van der Waals surface area contributed by atoms with E-state index in [-0.39, 0.29) is 0 Å². The lowest BCUT2D eigenvalue weighted by atomic mass is 9.96. The van der Waals surface area contributed by atoms with Gasteiger partial charge in [-0.25, -0.2) is 9.37 Å². The first-order valence-electron chi connectivity index (χ1n) is 5.32. The molecule has 0 aliphatic carbocycles. The molecule has 1 N–H and O–H groups in total. The first-order valence-corrected chi connectivity index (χ1v) is 5.32. The van der Waals surface area contributed by atoms with E-state index in [1.807, 2.05) is 0 Å². The van der Waals surface area contributed by atoms with Crippen molar-refractivity contribution in [1.82, 2.24) is 4.98 Å². The maximum absolute atomic E-state index is 13.9. The Morgan fingerprint density at radius 1 is 1.35 bits per heavy atom. The summed E-state index contributed by atoms with van der Waals surface area (Å²) in [5, 5.41) is 9.79. The second kappa shape index (κ2) is 3.96. The Kier molecular flexibility index (Phi) is 2.75. The number of oxazole rings is 1. The summed E-state index contributed by atoms with van der Waals surface area (Å²) in [5.41, 5.74) is 0.458. The number of aryl methyl sites for hydroxylation is 1. The minimum absolute atomic E-state index is 0.355. The van der Waals surface area contributed by atoms with Gasteiger partial charge in [-0.2, -0.15) is 0 Å². The molecule has 0 spiro atoms. The van der Waals surface area contributed by atoms with Crippen LogP contribution in [0.1, 0.15) is 25.1 Å². The minimum atomic E-state index is -1.06. The van der Waals surface area contributed by atoms with Gasteiger partial charge in [0.1, 0.15) is 5.82 Å². The fourth-order valence-corrected chi connectivity index (χ4v) is 1.64. The maximum Gasteiger partial charge on any atom is 0.181 e. The predicted octanol–water partition coefficient (Wildman–Crippen LogP) is 3.02. The van der Waals surface area contributed by atoms with E-state index in [0.29, 0.717) is 22.6 Å². The van der Waals surface area contributed by atoms with Gasteiger partial charge in [0, 0.05) is 0 Å². The highest BCUT2D eigenvalue weighted by Crippen LogP contribution is 2.29. The number of hydrogen-bond acceptors (Lipinski definition) is 3. The number of halogens is 1. The fourth-order valence-electron chi connectivity index (χ4n) is 1.64. The van der Waals surface area contributed by atoms with E-state index in [1.54, 1.807) is 32.9 Å². The molecule has 0 atom stereocenters. The van der Waals surface area contributed by atoms with Crippen molar-refractivity contribution in [3.63, 3.8) is 0 Å². The van der Waals surface area contributed by atoms with Gasteiger partial charge in [0.15, 0.2) is 12.2 Å². The largest absolute Gasteiger partial charge is 0.443 e. The highest BCUT2D eigenvalue weighted by atomic mass is 19.1. The van der Waals surface area contributed by atoms with Gasteiger partial charge in [0.05, 0.1) is 16.9 Å². The van der Waals surface area contributed by atoms with Crippen LogP contribution in [0.3, 0.4) is 0 Å². The van der Waals surface area contributed by atoms with Crippen LogP contribution in [-0.2, 0) is 5.60 Å². The summed E-state index contributed by atoms with van der Waals surface area (Å²) in [6.45, 7) is 4.98. The van der Waals surface area contributed by atoms with Gasteiger partial charge < -0.3 is 9.52 Å². The molecule has 0 aliphatic heterocycles. The molecular weight excluding hydrogens is 221 g/mol. The molecule has 2 rings (SSSR count). The van der Waals surface area contributed by atoms with Gasteiger partial charge in [-0.15, -0.1) is 0 Å². The van der Waals surface area contributed by atoms with Gasteiger partial charge >= 0.3 is 0 Å². The van der Waals surface area contributed by atoms with Crippen LogP contribution in [0.15, 0.2) is 29.0 Å². The van der Waals surface area contributed by atoms with Gasteiger partial charge in [-0.1, -0.05) is 6.07 Å². The summed E-state index contributed by atoms with van der Waals surface area (Å²) in [6, 6.07) is 4.59. The number of benzene rings is 1. The summed E-state index contributed by atoms with van der Waals surface area (Å²) < 4.78 is 19.1. The minimum Gasteiger partial charge on any atom is -0.443 e. The molecule has 0 saturated heterocycles. The summed E-state index contributed by atoms with van der Waals surface area (Å²) in [5.74, 6) is -0.00530. The van der Waals surface area contributed by atoms with E-state index in [1.165, 1.54) is 12.5 Å². The Bertz CT molecular complexity index is 541. The zero-order valence-corrected chi connectivity index (χ0v) is 9.99. The van der Waals surface area contributed by atoms with E-state index in [0.717, 1.165) is 0 Å². The van der Waals surface area contributed by atoms with E-state index >= 15 is 0 Å². The Balaban J connectivity index is 2.50. The lowest BCUT2D eigenvalue weighted by molar-refractivity contribution is 0.0782. The molecule has 2 aromatic rings. The van der Waals surface area contributed by atoms with Gasteiger partial charge in [-0.3, -0.25) is 0 Å². The van der Waals surface area contributed by atoms with E-state index in [2.05, 4.69) is 4.98 Å². The van der Waals surface area contributed by atoms with Crippen LogP contribution in [0.4, 0.5) is 4.39 Å². The van der Waals surface area contributed by atoms with E-state index in [9.17, 15) is 9.50 Å². The van der Waals surface area contributed by atoms with Crippen LogP contribution in [0, 0.1) is 12.7 Å². The van der Waals surface area contributed by atoms with Crippen molar-refractivity contribution in [2.45, 2.75) is 26.4 Å². The second-order valence-electron chi connectivity index (χ2n) is 4.52. The zero-order chi connectivity index (χ0) is 12.6. The van der Waals surface area contributed by atoms with Crippen LogP contribution in [0.2, 0.25) is 0 Å². The van der Waals surface area contributed by atoms with Crippen molar-refractivity contribution in [3.8, 4) is 11.3 Å². The molecule has 17 heavy (non-hydrogen) atoms. The smallest absolute Gasteiger partial charge is 0.181 e. The molecule has 3 nitrogen and oxygen atoms in total. The number of aliphatic hydroxyl groups is 1. The fraction of sp³-hybridized carbons (Fsp3) is 0.308. The lowest BCUT2D eigenvalue weighted by Gasteiger charge is -2.18. The molecule has 0 fully saturated rings. The van der Waals surface area contributed by atoms with Gasteiger partial charge in [0.2, 0.25) is 0 Å². The number of rotatable bonds is 2. The normalized spacial score (nSPS) is 11.8. The first-order chi connectivity index (χ1) is 7.89. The Morgan fingerprint density at radius 2 is 2.06 bits per heavy atom. The quantitative estimate of drug-likeness (QED) is 0.870. The van der Waals surface area contributed by atoms with E-state index in [4.69, 9.17) is 4.42 Å². The molecule has 4 heteroatoms. The second-order valence-corrected chi connectivity index (χ2v) is 4.52. The average Bonchev–Trinajstić information content (AvgIpc) is 2.63. The van der Waals surface area contributed by atoms with Crippen molar-refractivity contribution in [2.75, 3.05) is 0 Å². The summed E-state index contributed by atoms with van der Waals surface area (Å²) in [6.07, 6.45) is 1.29. The van der Waals surface area contributed by atoms with Crippen molar-refractivity contribution in [2.24, 2.45) is 0 Å². The zero-order valence-electron chi connectivity index (χ0n) is 9.99. The third-order valence-electron chi connectivity index (χ3n) is 2.67. The number of nitrogens with zero attached hydrogens (tertiary/aromatic N) is 1. The molecule has 1 aromatic heterocycles. The molecule has 0 bridgehead atoms. The van der Waals surface area contributed by atoms with Gasteiger partial charge in [-0.05, 0) is 38.5 Å². The van der Waals surface area contributed by atoms with Crippen LogP contribution in [0.5, 0.6) is 0 Å². The average molecular weight is 235 g/mol. The highest BCUT2D eigenvalue weighted by Gasteiger charge is 2.19. The molecule has 0 saturated carbocycles. The Labute approximate surface area is 98.9 Å². The highest BCUT2D eigenvalue weighted by molar-refractivity contribution is 5.60. The monoisotopic (exact) mass is 235 g/mol. The molecule has 0 radical (unpaired) electrons. The van der Waals surface area contributed by atoms with Crippen LogP contribution in [0.25, 0.3) is 11.3 Å². The standard InChI is InChI=1S/C13H14FNO2/c1-8-12(17-7-15-8)10-5-4-9(6-11(10)14)13(2,3)16/h4-7,16H,1-3H3.